The number of anilines is 1. The molecule has 1 atom stereocenters. The van der Waals surface area contributed by atoms with Gasteiger partial charge >= 0.3 is 0 Å². The first-order valence-corrected chi connectivity index (χ1v) is 10.7. The van der Waals surface area contributed by atoms with Crippen LogP contribution in [0.2, 0.25) is 5.02 Å². The molecule has 4 rings (SSSR count). The van der Waals surface area contributed by atoms with Crippen molar-refractivity contribution in [2.45, 2.75) is 19.2 Å². The highest BCUT2D eigenvalue weighted by Gasteiger charge is 2.20. The number of carbonyl (C=O) groups is 1. The number of rotatable bonds is 8. The van der Waals surface area contributed by atoms with Gasteiger partial charge in [-0.15, -0.1) is 0 Å². The second-order valence-corrected chi connectivity index (χ2v) is 7.81. The van der Waals surface area contributed by atoms with Crippen LogP contribution in [0.15, 0.2) is 72.8 Å². The summed E-state index contributed by atoms with van der Waals surface area (Å²) < 4.78 is 18.6. The van der Waals surface area contributed by atoms with Crippen LogP contribution in [0.1, 0.15) is 23.1 Å². The van der Waals surface area contributed by atoms with Gasteiger partial charge in [0.1, 0.15) is 11.6 Å². The second-order valence-electron chi connectivity index (χ2n) is 7.37. The number of amides is 1. The Bertz CT molecular complexity index is 1250. The van der Waals surface area contributed by atoms with Gasteiger partial charge in [0.25, 0.3) is 5.91 Å². The first kappa shape index (κ1) is 22.6. The van der Waals surface area contributed by atoms with Crippen molar-refractivity contribution in [1.29, 1.82) is 0 Å². The Labute approximate surface area is 195 Å². The van der Waals surface area contributed by atoms with Crippen LogP contribution < -0.4 is 10.6 Å². The molecule has 1 amide bonds. The van der Waals surface area contributed by atoms with Gasteiger partial charge in [0.05, 0.1) is 12.1 Å². The molecule has 33 heavy (non-hydrogen) atoms. The minimum atomic E-state index is -0.739. The van der Waals surface area contributed by atoms with E-state index >= 15 is 0 Å². The van der Waals surface area contributed by atoms with Gasteiger partial charge < -0.3 is 15.4 Å². The number of aromatic nitrogens is 2. The Hall–Kier alpha value is -3.55. The molecule has 0 aliphatic heterocycles. The molecule has 4 aromatic rings. The summed E-state index contributed by atoms with van der Waals surface area (Å²) in [6.07, 6.45) is -0.739. The summed E-state index contributed by atoms with van der Waals surface area (Å²) in [7, 11) is 1.49. The Morgan fingerprint density at radius 2 is 1.79 bits per heavy atom. The van der Waals surface area contributed by atoms with Crippen molar-refractivity contribution in [1.82, 2.24) is 15.3 Å². The van der Waals surface area contributed by atoms with Crippen LogP contribution in [0.3, 0.4) is 0 Å². The molecule has 0 bridgehead atoms. The second kappa shape index (κ2) is 10.4. The van der Waals surface area contributed by atoms with Crippen LogP contribution >= 0.6 is 11.6 Å². The summed E-state index contributed by atoms with van der Waals surface area (Å²) in [5.74, 6) is 0.433. The lowest BCUT2D eigenvalue weighted by Gasteiger charge is -2.16. The van der Waals surface area contributed by atoms with Crippen LogP contribution in [-0.2, 0) is 22.6 Å². The van der Waals surface area contributed by atoms with Crippen LogP contribution in [0.5, 0.6) is 0 Å². The van der Waals surface area contributed by atoms with E-state index in [-0.39, 0.29) is 18.3 Å². The number of halogens is 2. The molecule has 168 valence electrons. The molecule has 1 heterocycles. The molecule has 0 saturated carbocycles. The predicted molar refractivity (Wildman–Crippen MR) is 126 cm³/mol. The number of nitrogens with one attached hydrogen (secondary N) is 2. The molecule has 3 aromatic carbocycles. The molecule has 6 nitrogen and oxygen atoms in total. The zero-order valence-corrected chi connectivity index (χ0v) is 18.6. The van der Waals surface area contributed by atoms with Gasteiger partial charge in [-0.25, -0.2) is 14.4 Å². The lowest BCUT2D eigenvalue weighted by atomic mass is 10.1. The van der Waals surface area contributed by atoms with Gasteiger partial charge in [0.2, 0.25) is 0 Å². The Morgan fingerprint density at radius 3 is 2.52 bits per heavy atom. The fourth-order valence-corrected chi connectivity index (χ4v) is 3.60. The highest BCUT2D eigenvalue weighted by Crippen LogP contribution is 2.24. The maximum Gasteiger partial charge on any atom is 0.254 e. The zero-order valence-electron chi connectivity index (χ0n) is 17.9. The minimum absolute atomic E-state index is 0.110. The van der Waals surface area contributed by atoms with Crippen molar-refractivity contribution in [3.05, 3.63) is 101 Å². The average Bonchev–Trinajstić information content (AvgIpc) is 2.83. The summed E-state index contributed by atoms with van der Waals surface area (Å²) in [4.78, 5) is 21.9. The summed E-state index contributed by atoms with van der Waals surface area (Å²) in [6.45, 7) is 0.555. The quantitative estimate of drug-likeness (QED) is 0.382. The van der Waals surface area contributed by atoms with E-state index in [1.54, 1.807) is 24.3 Å². The van der Waals surface area contributed by atoms with Crippen molar-refractivity contribution in [2.75, 3.05) is 12.4 Å². The molecule has 0 fully saturated rings. The van der Waals surface area contributed by atoms with Gasteiger partial charge in [-0.05, 0) is 41.5 Å². The summed E-state index contributed by atoms with van der Waals surface area (Å²) in [6, 6.07) is 20.8. The van der Waals surface area contributed by atoms with Gasteiger partial charge in [-0.2, -0.15) is 0 Å². The molecule has 8 heteroatoms. The number of benzene rings is 3. The summed E-state index contributed by atoms with van der Waals surface area (Å²) in [5.41, 5.74) is 2.30. The minimum Gasteiger partial charge on any atom is -0.367 e. The molecular formula is C25H22ClFN4O2. The van der Waals surface area contributed by atoms with E-state index in [0.29, 0.717) is 28.7 Å². The third-order valence-corrected chi connectivity index (χ3v) is 5.31. The van der Waals surface area contributed by atoms with Crippen molar-refractivity contribution in [3.8, 4) is 0 Å². The third-order valence-electron chi connectivity index (χ3n) is 5.08. The maximum absolute atomic E-state index is 13.2. The number of hydrogen-bond donors (Lipinski definition) is 2. The molecule has 0 radical (unpaired) electrons. The van der Waals surface area contributed by atoms with Gasteiger partial charge in [0.15, 0.2) is 11.9 Å². The monoisotopic (exact) mass is 464 g/mol. The first-order valence-electron chi connectivity index (χ1n) is 10.3. The number of methoxy groups -OCH3 is 1. The SMILES string of the molecule is CO[C@H](C(=O)NCc1nc(NCc2ccc(F)cc2)c2ccc(Cl)cc2n1)c1ccccc1. The Balaban J connectivity index is 1.54. The van der Waals surface area contributed by atoms with Crippen LogP contribution in [0, 0.1) is 5.82 Å². The van der Waals surface area contributed by atoms with Crippen LogP contribution in [-0.4, -0.2) is 23.0 Å². The van der Waals surface area contributed by atoms with E-state index < -0.39 is 6.10 Å². The molecular weight excluding hydrogens is 443 g/mol. The first-order chi connectivity index (χ1) is 16.0. The topological polar surface area (TPSA) is 76.1 Å². The third kappa shape index (κ3) is 5.63. The van der Waals surface area contributed by atoms with Gasteiger partial charge in [-0.1, -0.05) is 54.1 Å². The normalized spacial score (nSPS) is 11.8. The van der Waals surface area contributed by atoms with Crippen molar-refractivity contribution >= 4 is 34.2 Å². The Morgan fingerprint density at radius 1 is 1.03 bits per heavy atom. The molecule has 0 saturated heterocycles. The number of ether oxygens (including phenoxy) is 1. The Kier molecular flexibility index (Phi) is 7.12. The van der Waals surface area contributed by atoms with E-state index in [0.717, 1.165) is 16.5 Å². The zero-order chi connectivity index (χ0) is 23.2. The largest absolute Gasteiger partial charge is 0.367 e. The van der Waals surface area contributed by atoms with Crippen molar-refractivity contribution in [2.24, 2.45) is 0 Å². The smallest absolute Gasteiger partial charge is 0.254 e. The maximum atomic E-state index is 13.2. The standard InChI is InChI=1S/C25H22ClFN4O2/c1-33-23(17-5-3-2-4-6-17)25(32)29-15-22-30-21-13-18(26)9-12-20(21)24(31-22)28-14-16-7-10-19(27)11-8-16/h2-13,23H,14-15H2,1H3,(H,29,32)(H,28,30,31)/t23-/m0/s1. The van der Waals surface area contributed by atoms with Crippen LogP contribution in [0.4, 0.5) is 10.2 Å². The van der Waals surface area contributed by atoms with E-state index in [2.05, 4.69) is 20.6 Å². The number of nitrogens with zero attached hydrogens (tertiary/aromatic N) is 2. The fraction of sp³-hybridized carbons (Fsp3) is 0.160. The highest BCUT2D eigenvalue weighted by atomic mass is 35.5. The number of carbonyl (C=O) groups excluding carboxylic acids is 1. The highest BCUT2D eigenvalue weighted by molar-refractivity contribution is 6.31. The number of hydrogen-bond acceptors (Lipinski definition) is 5. The molecule has 0 unspecified atom stereocenters. The van der Waals surface area contributed by atoms with E-state index in [9.17, 15) is 9.18 Å². The molecule has 1 aromatic heterocycles. The van der Waals surface area contributed by atoms with E-state index in [4.69, 9.17) is 16.3 Å². The summed E-state index contributed by atoms with van der Waals surface area (Å²) in [5, 5.41) is 7.45. The average molecular weight is 465 g/mol. The fourth-order valence-electron chi connectivity index (χ4n) is 3.43. The van der Waals surface area contributed by atoms with Crippen molar-refractivity contribution < 1.29 is 13.9 Å². The van der Waals surface area contributed by atoms with Crippen LogP contribution in [0.25, 0.3) is 10.9 Å². The number of fused-ring (bicyclic) bond motifs is 1. The van der Waals surface area contributed by atoms with Gasteiger partial charge in [-0.3, -0.25) is 4.79 Å². The predicted octanol–water partition coefficient (Wildman–Crippen LogP) is 5.04. The molecule has 2 N–H and O–H groups in total. The molecule has 0 aliphatic rings. The molecule has 0 aliphatic carbocycles. The van der Waals surface area contributed by atoms with Gasteiger partial charge in [0, 0.05) is 24.1 Å². The lowest BCUT2D eigenvalue weighted by Crippen LogP contribution is -2.30. The molecule has 0 spiro atoms. The van der Waals surface area contributed by atoms with E-state index in [1.807, 2.05) is 36.4 Å². The lowest BCUT2D eigenvalue weighted by molar-refractivity contribution is -0.131. The summed E-state index contributed by atoms with van der Waals surface area (Å²) >= 11 is 6.16. The van der Waals surface area contributed by atoms with Crippen molar-refractivity contribution in [3.63, 3.8) is 0 Å². The van der Waals surface area contributed by atoms with E-state index in [1.165, 1.54) is 19.2 Å².